The van der Waals surface area contributed by atoms with Gasteiger partial charge < -0.3 is 5.73 Å². The Balaban J connectivity index is 2.23. The Kier molecular flexibility index (Phi) is 2.64. The summed E-state index contributed by atoms with van der Waals surface area (Å²) in [5, 5.41) is 8.90. The fourth-order valence-electron chi connectivity index (χ4n) is 0.901. The van der Waals surface area contributed by atoms with Crippen LogP contribution in [-0.4, -0.2) is 15.2 Å². The third-order valence-corrected chi connectivity index (χ3v) is 3.50. The molecule has 4 nitrogen and oxygen atoms in total. The van der Waals surface area contributed by atoms with E-state index >= 15 is 0 Å². The van der Waals surface area contributed by atoms with Crippen LogP contribution in [0.15, 0.2) is 27.7 Å². The summed E-state index contributed by atoms with van der Waals surface area (Å²) in [7, 11) is 0. The first kappa shape index (κ1) is 9.42. The molecule has 2 N–H and O–H groups in total. The molecule has 0 fully saturated rings. The molecular formula is C8H8N4S2. The van der Waals surface area contributed by atoms with Crippen molar-refractivity contribution in [2.24, 2.45) is 0 Å². The van der Waals surface area contributed by atoms with Gasteiger partial charge in [-0.15, -0.1) is 10.2 Å². The Morgan fingerprint density at radius 2 is 2.29 bits per heavy atom. The molecule has 2 aromatic rings. The van der Waals surface area contributed by atoms with Crippen molar-refractivity contribution in [1.82, 2.24) is 15.2 Å². The number of pyridine rings is 1. The zero-order chi connectivity index (χ0) is 9.97. The topological polar surface area (TPSA) is 64.7 Å². The van der Waals surface area contributed by atoms with E-state index in [1.54, 1.807) is 23.7 Å². The number of nitrogens with zero attached hydrogens (tertiary/aromatic N) is 3. The predicted molar refractivity (Wildman–Crippen MR) is 57.4 cm³/mol. The second-order valence-corrected chi connectivity index (χ2v) is 5.07. The molecular weight excluding hydrogens is 216 g/mol. The van der Waals surface area contributed by atoms with Gasteiger partial charge in [0.25, 0.3) is 0 Å². The maximum Gasteiger partial charge on any atom is 0.179 e. The van der Waals surface area contributed by atoms with Crippen LogP contribution in [-0.2, 0) is 0 Å². The molecule has 0 amide bonds. The molecule has 0 aliphatic rings. The van der Waals surface area contributed by atoms with E-state index in [9.17, 15) is 0 Å². The molecule has 0 bridgehead atoms. The third kappa shape index (κ3) is 2.02. The summed E-state index contributed by atoms with van der Waals surface area (Å²) in [4.78, 5) is 4.89. The van der Waals surface area contributed by atoms with Crippen LogP contribution in [0.5, 0.6) is 0 Å². The average molecular weight is 224 g/mol. The van der Waals surface area contributed by atoms with Gasteiger partial charge >= 0.3 is 0 Å². The second kappa shape index (κ2) is 3.93. The minimum Gasteiger partial charge on any atom is -0.397 e. The maximum absolute atomic E-state index is 5.75. The van der Waals surface area contributed by atoms with Gasteiger partial charge in [-0.3, -0.25) is 4.98 Å². The fourth-order valence-corrected chi connectivity index (χ4v) is 2.68. The summed E-state index contributed by atoms with van der Waals surface area (Å²) >= 11 is 3.07. The van der Waals surface area contributed by atoms with Crippen LogP contribution in [0, 0.1) is 6.92 Å². The molecule has 0 unspecified atom stereocenters. The van der Waals surface area contributed by atoms with Crippen molar-refractivity contribution in [1.29, 1.82) is 0 Å². The van der Waals surface area contributed by atoms with Gasteiger partial charge in [-0.1, -0.05) is 23.1 Å². The largest absolute Gasteiger partial charge is 0.397 e. The first-order valence-corrected chi connectivity index (χ1v) is 5.56. The number of nitrogens with two attached hydrogens (primary N) is 1. The molecule has 0 aliphatic heterocycles. The molecule has 0 saturated carbocycles. The quantitative estimate of drug-likeness (QED) is 0.845. The highest BCUT2D eigenvalue weighted by Crippen LogP contribution is 2.32. The second-order valence-electron chi connectivity index (χ2n) is 2.60. The summed E-state index contributed by atoms with van der Waals surface area (Å²) < 4.78 is 0.903. The Labute approximate surface area is 89.6 Å². The smallest absolute Gasteiger partial charge is 0.179 e. The number of aryl methyl sites for hydroxylation is 1. The van der Waals surface area contributed by atoms with Crippen molar-refractivity contribution in [3.63, 3.8) is 0 Å². The summed E-state index contributed by atoms with van der Waals surface area (Å²) in [6.07, 6.45) is 3.35. The molecule has 72 valence electrons. The van der Waals surface area contributed by atoms with Crippen LogP contribution in [0.3, 0.4) is 0 Å². The van der Waals surface area contributed by atoms with Gasteiger partial charge in [0, 0.05) is 11.1 Å². The number of nitrogen functional groups attached to an aromatic ring is 1. The lowest BCUT2D eigenvalue weighted by atomic mass is 10.4. The molecule has 0 radical (unpaired) electrons. The summed E-state index contributed by atoms with van der Waals surface area (Å²) in [6.45, 7) is 1.93. The standard InChI is InChI=1S/C8H8N4S2/c1-5-11-12-8(13-5)14-7-2-3-10-4-6(7)9/h2-4H,9H2,1H3. The Morgan fingerprint density at radius 1 is 1.43 bits per heavy atom. The van der Waals surface area contributed by atoms with E-state index in [0.29, 0.717) is 5.69 Å². The van der Waals surface area contributed by atoms with Gasteiger partial charge in [-0.05, 0) is 13.0 Å². The highest BCUT2D eigenvalue weighted by atomic mass is 32.2. The number of hydrogen-bond donors (Lipinski definition) is 1. The van der Waals surface area contributed by atoms with E-state index < -0.39 is 0 Å². The number of aromatic nitrogens is 3. The monoisotopic (exact) mass is 224 g/mol. The zero-order valence-corrected chi connectivity index (χ0v) is 9.10. The van der Waals surface area contributed by atoms with Crippen molar-refractivity contribution in [3.8, 4) is 0 Å². The van der Waals surface area contributed by atoms with E-state index in [0.717, 1.165) is 14.2 Å². The molecule has 0 atom stereocenters. The lowest BCUT2D eigenvalue weighted by Gasteiger charge is -1.99. The molecule has 2 heterocycles. The van der Waals surface area contributed by atoms with Gasteiger partial charge in [0.2, 0.25) is 0 Å². The van der Waals surface area contributed by atoms with Crippen molar-refractivity contribution in [2.75, 3.05) is 5.73 Å². The van der Waals surface area contributed by atoms with Crippen molar-refractivity contribution in [2.45, 2.75) is 16.2 Å². The number of hydrogen-bond acceptors (Lipinski definition) is 6. The Hall–Kier alpha value is -1.14. The van der Waals surface area contributed by atoms with Gasteiger partial charge in [0.15, 0.2) is 4.34 Å². The van der Waals surface area contributed by atoms with E-state index in [4.69, 9.17) is 5.73 Å². The fraction of sp³-hybridized carbons (Fsp3) is 0.125. The van der Waals surface area contributed by atoms with Crippen LogP contribution in [0.2, 0.25) is 0 Å². The van der Waals surface area contributed by atoms with Crippen LogP contribution in [0.4, 0.5) is 5.69 Å². The summed E-state index contributed by atoms with van der Waals surface area (Å²) in [6, 6.07) is 1.87. The van der Waals surface area contributed by atoms with E-state index in [-0.39, 0.29) is 0 Å². The SMILES string of the molecule is Cc1nnc(Sc2ccncc2N)s1. The number of anilines is 1. The van der Waals surface area contributed by atoms with Crippen molar-refractivity contribution >= 4 is 28.8 Å². The summed E-state index contributed by atoms with van der Waals surface area (Å²) in [5.41, 5.74) is 6.42. The highest BCUT2D eigenvalue weighted by molar-refractivity contribution is 8.01. The van der Waals surface area contributed by atoms with Gasteiger partial charge in [0.1, 0.15) is 5.01 Å². The predicted octanol–water partition coefficient (Wildman–Crippen LogP) is 1.97. The van der Waals surface area contributed by atoms with Crippen molar-refractivity contribution in [3.05, 3.63) is 23.5 Å². The lowest BCUT2D eigenvalue weighted by molar-refractivity contribution is 0.984. The average Bonchev–Trinajstić information content (AvgIpc) is 2.56. The first-order chi connectivity index (χ1) is 6.75. The van der Waals surface area contributed by atoms with E-state index in [2.05, 4.69) is 15.2 Å². The van der Waals surface area contributed by atoms with Crippen LogP contribution in [0.25, 0.3) is 0 Å². The Bertz CT molecular complexity index is 440. The Morgan fingerprint density at radius 3 is 2.93 bits per heavy atom. The molecule has 2 aromatic heterocycles. The maximum atomic E-state index is 5.75. The van der Waals surface area contributed by atoms with Crippen LogP contribution < -0.4 is 5.73 Å². The molecule has 0 spiro atoms. The van der Waals surface area contributed by atoms with Crippen LogP contribution >= 0.6 is 23.1 Å². The minimum atomic E-state index is 0.672. The zero-order valence-electron chi connectivity index (χ0n) is 7.47. The van der Waals surface area contributed by atoms with Gasteiger partial charge in [-0.25, -0.2) is 0 Å². The van der Waals surface area contributed by atoms with Gasteiger partial charge in [0.05, 0.1) is 11.9 Å². The van der Waals surface area contributed by atoms with E-state index in [1.807, 2.05) is 13.0 Å². The third-order valence-electron chi connectivity index (χ3n) is 1.51. The molecule has 14 heavy (non-hydrogen) atoms. The number of rotatable bonds is 2. The molecule has 0 aliphatic carbocycles. The van der Waals surface area contributed by atoms with Crippen LogP contribution in [0.1, 0.15) is 5.01 Å². The molecule has 6 heteroatoms. The highest BCUT2D eigenvalue weighted by Gasteiger charge is 2.05. The normalized spacial score (nSPS) is 10.4. The van der Waals surface area contributed by atoms with E-state index in [1.165, 1.54) is 11.8 Å². The molecule has 0 aromatic carbocycles. The first-order valence-electron chi connectivity index (χ1n) is 3.93. The summed E-state index contributed by atoms with van der Waals surface area (Å²) in [5.74, 6) is 0. The van der Waals surface area contributed by atoms with Crippen molar-refractivity contribution < 1.29 is 0 Å². The molecule has 2 rings (SSSR count). The molecule has 0 saturated heterocycles. The lowest BCUT2D eigenvalue weighted by Crippen LogP contribution is -1.88. The van der Waals surface area contributed by atoms with Gasteiger partial charge in [-0.2, -0.15) is 0 Å². The minimum absolute atomic E-state index is 0.672.